The van der Waals surface area contributed by atoms with Crippen LogP contribution in [0.15, 0.2) is 35.2 Å². The number of nitrogens with one attached hydrogen (secondary N) is 1. The lowest BCUT2D eigenvalue weighted by Crippen LogP contribution is -2.52. The number of nitrogens with two attached hydrogens (primary N) is 1. The molecule has 1 saturated carbocycles. The van der Waals surface area contributed by atoms with E-state index in [1.54, 1.807) is 11.8 Å². The van der Waals surface area contributed by atoms with Gasteiger partial charge < -0.3 is 11.1 Å². The molecule has 1 fully saturated rings. The molecule has 5 heteroatoms. The minimum Gasteiger partial charge on any atom is -0.354 e. The molecule has 1 amide bonds. The van der Waals surface area contributed by atoms with E-state index in [9.17, 15) is 4.79 Å². The van der Waals surface area contributed by atoms with Crippen LogP contribution in [0, 0.1) is 0 Å². The predicted octanol–water partition coefficient (Wildman–Crippen LogP) is 2.59. The number of amides is 1. The van der Waals surface area contributed by atoms with Gasteiger partial charge in [-0.2, -0.15) is 0 Å². The van der Waals surface area contributed by atoms with Crippen molar-refractivity contribution in [2.45, 2.75) is 36.1 Å². The lowest BCUT2D eigenvalue weighted by molar-refractivity contribution is -0.126. The van der Waals surface area contributed by atoms with Crippen LogP contribution in [0.4, 0.5) is 0 Å². The summed E-state index contributed by atoms with van der Waals surface area (Å²) in [4.78, 5) is 13.2. The first-order valence-corrected chi connectivity index (χ1v) is 7.44. The average molecular weight is 301 g/mol. The Kier molecular flexibility index (Phi) is 6.69. The highest BCUT2D eigenvalue weighted by Crippen LogP contribution is 2.27. The molecule has 0 spiro atoms. The van der Waals surface area contributed by atoms with Crippen LogP contribution in [-0.2, 0) is 4.79 Å². The molecule has 1 aliphatic rings. The molecule has 0 radical (unpaired) electrons. The van der Waals surface area contributed by atoms with Crippen LogP contribution in [-0.4, -0.2) is 23.7 Å². The summed E-state index contributed by atoms with van der Waals surface area (Å²) in [6.07, 6.45) is 3.79. The maximum atomic E-state index is 11.9. The number of rotatable bonds is 5. The topological polar surface area (TPSA) is 55.1 Å². The van der Waals surface area contributed by atoms with Crippen LogP contribution in [0.3, 0.4) is 0 Å². The van der Waals surface area contributed by atoms with E-state index < -0.39 is 5.54 Å². The number of carbonyl (C=O) groups excluding carboxylic acids is 1. The maximum absolute atomic E-state index is 11.9. The zero-order chi connectivity index (χ0) is 12.8. The van der Waals surface area contributed by atoms with Crippen LogP contribution in [0.25, 0.3) is 0 Å². The van der Waals surface area contributed by atoms with Crippen LogP contribution < -0.4 is 11.1 Å². The van der Waals surface area contributed by atoms with Gasteiger partial charge in [0.05, 0.1) is 5.54 Å². The zero-order valence-electron chi connectivity index (χ0n) is 10.9. The Morgan fingerprint density at radius 1 is 1.26 bits per heavy atom. The van der Waals surface area contributed by atoms with E-state index in [0.717, 1.165) is 31.4 Å². The van der Waals surface area contributed by atoms with Crippen molar-refractivity contribution < 1.29 is 4.79 Å². The summed E-state index contributed by atoms with van der Waals surface area (Å²) in [6.45, 7) is 0.678. The Balaban J connectivity index is 0.00000180. The number of halogens is 1. The minimum atomic E-state index is -0.600. The molecule has 106 valence electrons. The van der Waals surface area contributed by atoms with Crippen molar-refractivity contribution in [3.8, 4) is 0 Å². The molecule has 3 N–H and O–H groups in total. The van der Waals surface area contributed by atoms with Gasteiger partial charge >= 0.3 is 0 Å². The number of benzene rings is 1. The summed E-state index contributed by atoms with van der Waals surface area (Å²) >= 11 is 1.75. The first-order chi connectivity index (χ1) is 8.71. The quantitative estimate of drug-likeness (QED) is 0.649. The molecule has 0 aromatic heterocycles. The lowest BCUT2D eigenvalue weighted by atomic mass is 9.98. The van der Waals surface area contributed by atoms with Crippen molar-refractivity contribution in [2.75, 3.05) is 12.3 Å². The molecule has 0 unspecified atom stereocenters. The molecule has 0 aliphatic heterocycles. The maximum Gasteiger partial charge on any atom is 0.240 e. The van der Waals surface area contributed by atoms with Gasteiger partial charge in [0.15, 0.2) is 0 Å². The monoisotopic (exact) mass is 300 g/mol. The lowest BCUT2D eigenvalue weighted by Gasteiger charge is -2.22. The molecule has 2 rings (SSSR count). The van der Waals surface area contributed by atoms with Crippen molar-refractivity contribution in [2.24, 2.45) is 5.73 Å². The van der Waals surface area contributed by atoms with Gasteiger partial charge in [-0.15, -0.1) is 24.2 Å². The Morgan fingerprint density at radius 2 is 1.89 bits per heavy atom. The molecule has 0 atom stereocenters. The summed E-state index contributed by atoms with van der Waals surface area (Å²) in [7, 11) is 0. The molecule has 19 heavy (non-hydrogen) atoms. The smallest absolute Gasteiger partial charge is 0.240 e. The van der Waals surface area contributed by atoms with Gasteiger partial charge in [0.1, 0.15) is 0 Å². The zero-order valence-corrected chi connectivity index (χ0v) is 12.6. The van der Waals surface area contributed by atoms with E-state index in [2.05, 4.69) is 17.4 Å². The summed E-state index contributed by atoms with van der Waals surface area (Å²) < 4.78 is 0. The van der Waals surface area contributed by atoms with Gasteiger partial charge in [-0.05, 0) is 25.0 Å². The van der Waals surface area contributed by atoms with Gasteiger partial charge in [-0.3, -0.25) is 4.79 Å². The minimum absolute atomic E-state index is 0. The second kappa shape index (κ2) is 7.78. The molecule has 1 aromatic carbocycles. The number of hydrogen-bond donors (Lipinski definition) is 2. The normalized spacial score (nSPS) is 16.7. The first kappa shape index (κ1) is 16.3. The van der Waals surface area contributed by atoms with Crippen molar-refractivity contribution in [1.29, 1.82) is 0 Å². The van der Waals surface area contributed by atoms with E-state index in [0.29, 0.717) is 6.54 Å². The van der Waals surface area contributed by atoms with E-state index in [4.69, 9.17) is 5.73 Å². The van der Waals surface area contributed by atoms with Crippen molar-refractivity contribution in [3.05, 3.63) is 30.3 Å². The Bertz CT molecular complexity index is 394. The molecule has 1 aromatic rings. The third kappa shape index (κ3) is 4.71. The van der Waals surface area contributed by atoms with Crippen LogP contribution in [0.5, 0.6) is 0 Å². The van der Waals surface area contributed by atoms with Crippen molar-refractivity contribution in [1.82, 2.24) is 5.32 Å². The fourth-order valence-electron chi connectivity index (χ4n) is 2.26. The fourth-order valence-corrected chi connectivity index (χ4v) is 3.05. The van der Waals surface area contributed by atoms with E-state index in [-0.39, 0.29) is 18.3 Å². The van der Waals surface area contributed by atoms with Gasteiger partial charge in [0.25, 0.3) is 0 Å². The molecular weight excluding hydrogens is 280 g/mol. The third-order valence-corrected chi connectivity index (χ3v) is 4.36. The highest BCUT2D eigenvalue weighted by molar-refractivity contribution is 7.99. The van der Waals surface area contributed by atoms with Crippen LogP contribution >= 0.6 is 24.2 Å². The van der Waals surface area contributed by atoms with Gasteiger partial charge in [-0.25, -0.2) is 0 Å². The largest absolute Gasteiger partial charge is 0.354 e. The summed E-state index contributed by atoms with van der Waals surface area (Å²) in [5.74, 6) is 0.903. The number of carbonyl (C=O) groups is 1. The standard InChI is InChI=1S/C14H20N2OS.ClH/c15-14(8-4-5-9-14)13(17)16-10-11-18-12-6-2-1-3-7-12;/h1-3,6-7H,4-5,8-11,15H2,(H,16,17);1H. The highest BCUT2D eigenvalue weighted by atomic mass is 35.5. The van der Waals surface area contributed by atoms with Crippen molar-refractivity contribution in [3.63, 3.8) is 0 Å². The van der Waals surface area contributed by atoms with Gasteiger partial charge in [-0.1, -0.05) is 31.0 Å². The van der Waals surface area contributed by atoms with Crippen LogP contribution in [0.1, 0.15) is 25.7 Å². The number of thioether (sulfide) groups is 1. The van der Waals surface area contributed by atoms with Gasteiger partial charge in [0.2, 0.25) is 5.91 Å². The Hall–Kier alpha value is -0.710. The second-order valence-electron chi connectivity index (χ2n) is 4.78. The molecule has 0 saturated heterocycles. The summed E-state index contributed by atoms with van der Waals surface area (Å²) in [5.41, 5.74) is 5.48. The van der Waals surface area contributed by atoms with E-state index in [1.807, 2.05) is 18.2 Å². The fraction of sp³-hybridized carbons (Fsp3) is 0.500. The van der Waals surface area contributed by atoms with Gasteiger partial charge in [0, 0.05) is 17.2 Å². The first-order valence-electron chi connectivity index (χ1n) is 6.46. The third-order valence-electron chi connectivity index (χ3n) is 3.35. The second-order valence-corrected chi connectivity index (χ2v) is 5.95. The van der Waals surface area contributed by atoms with Crippen LogP contribution in [0.2, 0.25) is 0 Å². The summed E-state index contributed by atoms with van der Waals surface area (Å²) in [5, 5.41) is 2.95. The number of hydrogen-bond acceptors (Lipinski definition) is 3. The SMILES string of the molecule is Cl.NC1(C(=O)NCCSc2ccccc2)CCCC1. The van der Waals surface area contributed by atoms with E-state index >= 15 is 0 Å². The Labute approximate surface area is 125 Å². The molecule has 0 heterocycles. The molecular formula is C14H21ClN2OS. The molecule has 0 bridgehead atoms. The van der Waals surface area contributed by atoms with Crippen molar-refractivity contribution >= 4 is 30.1 Å². The molecule has 1 aliphatic carbocycles. The summed E-state index contributed by atoms with van der Waals surface area (Å²) in [6, 6.07) is 10.2. The Morgan fingerprint density at radius 3 is 2.53 bits per heavy atom. The predicted molar refractivity (Wildman–Crippen MR) is 82.8 cm³/mol. The van der Waals surface area contributed by atoms with E-state index in [1.165, 1.54) is 4.90 Å². The molecule has 3 nitrogen and oxygen atoms in total. The highest BCUT2D eigenvalue weighted by Gasteiger charge is 2.36. The average Bonchev–Trinajstić information content (AvgIpc) is 2.84.